The van der Waals surface area contributed by atoms with Gasteiger partial charge in [0.05, 0.1) is 14.2 Å². The number of amides is 1. The third-order valence-corrected chi connectivity index (χ3v) is 5.12. The SMILES string of the molecule is COC(=O)[C@@H]1CCCCN1C(=O)CCc1nnc(CCc2cccc(OC)c2)o1. The van der Waals surface area contributed by atoms with Crippen molar-refractivity contribution in [1.82, 2.24) is 15.1 Å². The summed E-state index contributed by atoms with van der Waals surface area (Å²) >= 11 is 0. The van der Waals surface area contributed by atoms with Crippen molar-refractivity contribution in [2.45, 2.75) is 51.0 Å². The molecular formula is C21H27N3O5. The molecule has 1 aromatic heterocycles. The summed E-state index contributed by atoms with van der Waals surface area (Å²) in [5, 5.41) is 8.12. The van der Waals surface area contributed by atoms with E-state index in [1.165, 1.54) is 7.11 Å². The number of hydrogen-bond donors (Lipinski definition) is 0. The van der Waals surface area contributed by atoms with E-state index < -0.39 is 6.04 Å². The molecule has 0 aliphatic carbocycles. The third kappa shape index (κ3) is 5.56. The maximum absolute atomic E-state index is 12.6. The monoisotopic (exact) mass is 401 g/mol. The quantitative estimate of drug-likeness (QED) is 0.627. The second-order valence-corrected chi connectivity index (χ2v) is 7.06. The maximum Gasteiger partial charge on any atom is 0.328 e. The third-order valence-electron chi connectivity index (χ3n) is 5.12. The molecule has 2 heterocycles. The van der Waals surface area contributed by atoms with Crippen LogP contribution in [0.1, 0.15) is 43.0 Å². The first-order valence-electron chi connectivity index (χ1n) is 9.92. The van der Waals surface area contributed by atoms with E-state index in [2.05, 4.69) is 10.2 Å². The zero-order valence-corrected chi connectivity index (χ0v) is 16.9. The lowest BCUT2D eigenvalue weighted by Crippen LogP contribution is -2.48. The standard InChI is InChI=1S/C21H27N3O5/c1-27-16-7-5-6-15(14-16)9-10-18-22-23-19(29-18)11-12-20(25)24-13-4-3-8-17(24)21(26)28-2/h5-7,14,17H,3-4,8-13H2,1-2H3/t17-/m0/s1. The van der Waals surface area contributed by atoms with Gasteiger partial charge in [-0.15, -0.1) is 10.2 Å². The Morgan fingerprint density at radius 2 is 1.93 bits per heavy atom. The molecule has 0 radical (unpaired) electrons. The van der Waals surface area contributed by atoms with Gasteiger partial charge in [0.15, 0.2) is 0 Å². The maximum atomic E-state index is 12.6. The Hall–Kier alpha value is -2.90. The van der Waals surface area contributed by atoms with Crippen LogP contribution in [0.3, 0.4) is 0 Å². The van der Waals surface area contributed by atoms with Crippen LogP contribution < -0.4 is 4.74 Å². The molecule has 29 heavy (non-hydrogen) atoms. The average Bonchev–Trinajstić information content (AvgIpc) is 3.23. The highest BCUT2D eigenvalue weighted by molar-refractivity contribution is 5.84. The fraction of sp³-hybridized carbons (Fsp3) is 0.524. The summed E-state index contributed by atoms with van der Waals surface area (Å²) in [6.45, 7) is 0.578. The number of rotatable bonds is 8. The number of aromatic nitrogens is 2. The van der Waals surface area contributed by atoms with Gasteiger partial charge in [0, 0.05) is 25.8 Å². The fourth-order valence-corrected chi connectivity index (χ4v) is 3.54. The Kier molecular flexibility index (Phi) is 7.21. The molecule has 0 unspecified atom stereocenters. The smallest absolute Gasteiger partial charge is 0.328 e. The van der Waals surface area contributed by atoms with Crippen LogP contribution in [0.2, 0.25) is 0 Å². The zero-order valence-electron chi connectivity index (χ0n) is 16.9. The number of carbonyl (C=O) groups excluding carboxylic acids is 2. The topological polar surface area (TPSA) is 94.8 Å². The van der Waals surface area contributed by atoms with E-state index >= 15 is 0 Å². The van der Waals surface area contributed by atoms with E-state index in [9.17, 15) is 9.59 Å². The predicted molar refractivity (Wildman–Crippen MR) is 104 cm³/mol. The van der Waals surface area contributed by atoms with Gasteiger partial charge >= 0.3 is 5.97 Å². The number of likely N-dealkylation sites (tertiary alicyclic amines) is 1. The molecule has 0 bridgehead atoms. The molecule has 1 aliphatic rings. The second-order valence-electron chi connectivity index (χ2n) is 7.06. The number of benzene rings is 1. The van der Waals surface area contributed by atoms with Crippen LogP contribution in [-0.4, -0.2) is 53.8 Å². The molecule has 1 aromatic carbocycles. The van der Waals surface area contributed by atoms with Gasteiger partial charge in [-0.3, -0.25) is 4.79 Å². The minimum Gasteiger partial charge on any atom is -0.497 e. The molecule has 8 nitrogen and oxygen atoms in total. The van der Waals surface area contributed by atoms with Gasteiger partial charge in [0.2, 0.25) is 17.7 Å². The molecule has 1 amide bonds. The van der Waals surface area contributed by atoms with Gasteiger partial charge in [-0.25, -0.2) is 4.79 Å². The largest absolute Gasteiger partial charge is 0.497 e. The molecule has 1 aliphatic heterocycles. The van der Waals surface area contributed by atoms with Gasteiger partial charge in [0.25, 0.3) is 0 Å². The zero-order chi connectivity index (χ0) is 20.6. The molecule has 0 spiro atoms. The van der Waals surface area contributed by atoms with Gasteiger partial charge in [-0.2, -0.15) is 0 Å². The number of aryl methyl sites for hydroxylation is 3. The minimum atomic E-state index is -0.484. The van der Waals surface area contributed by atoms with Crippen LogP contribution in [0, 0.1) is 0 Å². The number of ether oxygens (including phenoxy) is 2. The summed E-state index contributed by atoms with van der Waals surface area (Å²) in [5.41, 5.74) is 1.12. The van der Waals surface area contributed by atoms with Crippen molar-refractivity contribution in [3.63, 3.8) is 0 Å². The molecular weight excluding hydrogens is 374 g/mol. The molecule has 1 fully saturated rings. The Bertz CT molecular complexity index is 835. The summed E-state index contributed by atoms with van der Waals surface area (Å²) in [7, 11) is 2.99. The predicted octanol–water partition coefficient (Wildman–Crippen LogP) is 2.35. The summed E-state index contributed by atoms with van der Waals surface area (Å²) in [6.07, 6.45) is 4.42. The molecule has 1 atom stereocenters. The van der Waals surface area contributed by atoms with Crippen LogP contribution >= 0.6 is 0 Å². The van der Waals surface area contributed by atoms with E-state index in [4.69, 9.17) is 13.9 Å². The highest BCUT2D eigenvalue weighted by Gasteiger charge is 2.32. The Morgan fingerprint density at radius 3 is 2.69 bits per heavy atom. The Morgan fingerprint density at radius 1 is 1.14 bits per heavy atom. The van der Waals surface area contributed by atoms with Crippen molar-refractivity contribution in [2.75, 3.05) is 20.8 Å². The number of nitrogens with zero attached hydrogens (tertiary/aromatic N) is 3. The van der Waals surface area contributed by atoms with E-state index in [0.717, 1.165) is 30.6 Å². The van der Waals surface area contributed by atoms with Crippen LogP contribution in [0.15, 0.2) is 28.7 Å². The van der Waals surface area contributed by atoms with Crippen molar-refractivity contribution in [3.8, 4) is 5.75 Å². The molecule has 3 rings (SSSR count). The van der Waals surface area contributed by atoms with Gasteiger partial charge in [-0.05, 0) is 43.4 Å². The highest BCUT2D eigenvalue weighted by Crippen LogP contribution is 2.20. The number of hydrogen-bond acceptors (Lipinski definition) is 7. The van der Waals surface area contributed by atoms with Crippen molar-refractivity contribution in [3.05, 3.63) is 41.6 Å². The lowest BCUT2D eigenvalue weighted by Gasteiger charge is -2.33. The van der Waals surface area contributed by atoms with Crippen LogP contribution in [-0.2, 0) is 33.6 Å². The second kappa shape index (κ2) is 10.0. The van der Waals surface area contributed by atoms with Crippen LogP contribution in [0.5, 0.6) is 5.75 Å². The normalized spacial score (nSPS) is 16.5. The lowest BCUT2D eigenvalue weighted by atomic mass is 10.0. The number of piperidine rings is 1. The summed E-state index contributed by atoms with van der Waals surface area (Å²) < 4.78 is 15.7. The minimum absolute atomic E-state index is 0.0868. The first-order valence-corrected chi connectivity index (χ1v) is 9.92. The molecule has 1 saturated heterocycles. The summed E-state index contributed by atoms with van der Waals surface area (Å²) in [6, 6.07) is 7.36. The van der Waals surface area contributed by atoms with Crippen molar-refractivity contribution in [2.24, 2.45) is 0 Å². The molecule has 8 heteroatoms. The van der Waals surface area contributed by atoms with Gasteiger partial charge < -0.3 is 18.8 Å². The molecule has 0 N–H and O–H groups in total. The van der Waals surface area contributed by atoms with Crippen LogP contribution in [0.4, 0.5) is 0 Å². The van der Waals surface area contributed by atoms with Crippen molar-refractivity contribution < 1.29 is 23.5 Å². The van der Waals surface area contributed by atoms with E-state index in [1.54, 1.807) is 12.0 Å². The first kappa shape index (κ1) is 20.8. The average molecular weight is 401 g/mol. The molecule has 0 saturated carbocycles. The van der Waals surface area contributed by atoms with Crippen molar-refractivity contribution in [1.29, 1.82) is 0 Å². The number of carbonyl (C=O) groups is 2. The van der Waals surface area contributed by atoms with E-state index in [1.807, 2.05) is 24.3 Å². The fourth-order valence-electron chi connectivity index (χ4n) is 3.54. The molecule has 156 valence electrons. The van der Waals surface area contributed by atoms with Gasteiger partial charge in [0.1, 0.15) is 11.8 Å². The summed E-state index contributed by atoms with van der Waals surface area (Å²) in [5.74, 6) is 1.36. The highest BCUT2D eigenvalue weighted by atomic mass is 16.5. The van der Waals surface area contributed by atoms with E-state index in [0.29, 0.717) is 37.6 Å². The Balaban J connectivity index is 1.50. The Labute approximate surface area is 170 Å². The first-order chi connectivity index (χ1) is 14.1. The van der Waals surface area contributed by atoms with Crippen LogP contribution in [0.25, 0.3) is 0 Å². The van der Waals surface area contributed by atoms with Gasteiger partial charge in [-0.1, -0.05) is 12.1 Å². The lowest BCUT2D eigenvalue weighted by molar-refractivity contribution is -0.154. The van der Waals surface area contributed by atoms with Crippen molar-refractivity contribution >= 4 is 11.9 Å². The number of esters is 1. The number of methoxy groups -OCH3 is 2. The summed E-state index contributed by atoms with van der Waals surface area (Å²) in [4.78, 5) is 26.1. The molecule has 2 aromatic rings. The van der Waals surface area contributed by atoms with E-state index in [-0.39, 0.29) is 18.3 Å².